The molecule has 2 saturated heterocycles. The quantitative estimate of drug-likeness (QED) is 0.0584. The van der Waals surface area contributed by atoms with E-state index in [9.17, 15) is 14.3 Å². The maximum Gasteiger partial charge on any atom is 0.472 e. The van der Waals surface area contributed by atoms with Crippen molar-refractivity contribution >= 4 is 13.9 Å². The van der Waals surface area contributed by atoms with Crippen molar-refractivity contribution in [3.8, 4) is 0 Å². The molecule has 0 aliphatic carbocycles. The highest BCUT2D eigenvalue weighted by Crippen LogP contribution is 2.48. The van der Waals surface area contributed by atoms with Crippen LogP contribution in [-0.4, -0.2) is 81.7 Å². The molecular weight excluding hydrogens is 555 g/mol. The van der Waals surface area contributed by atoms with Crippen molar-refractivity contribution in [2.75, 3.05) is 54.1 Å². The van der Waals surface area contributed by atoms with Crippen LogP contribution in [0.1, 0.15) is 122 Å². The van der Waals surface area contributed by atoms with Crippen molar-refractivity contribution in [2.24, 2.45) is 11.8 Å². The molecule has 9 nitrogen and oxygen atoms in total. The number of likely N-dealkylation sites (N-methyl/N-ethyl adjacent to an activating group) is 1. The third-order valence-corrected chi connectivity index (χ3v) is 9.73. The van der Waals surface area contributed by atoms with E-state index in [4.69, 9.17) is 18.5 Å². The Morgan fingerprint density at radius 1 is 0.786 bits per heavy atom. The summed E-state index contributed by atoms with van der Waals surface area (Å²) in [7, 11) is 1.82. The topological polar surface area (TPSA) is 103 Å². The molecule has 5 atom stereocenters. The van der Waals surface area contributed by atoms with Crippen LogP contribution in [0.25, 0.3) is 0 Å². The van der Waals surface area contributed by atoms with Crippen molar-refractivity contribution < 1.29 is 37.3 Å². The van der Waals surface area contributed by atoms with Gasteiger partial charge in [-0.25, -0.2) is 9.36 Å². The molecule has 2 bridgehead atoms. The Labute approximate surface area is 257 Å². The van der Waals surface area contributed by atoms with Gasteiger partial charge < -0.3 is 24.2 Å². The number of phosphoric acid groups is 1. The van der Waals surface area contributed by atoms with Gasteiger partial charge in [0.05, 0.1) is 46.6 Å². The molecule has 0 aromatic rings. The van der Waals surface area contributed by atoms with Gasteiger partial charge in [0.1, 0.15) is 13.2 Å². The van der Waals surface area contributed by atoms with Crippen LogP contribution in [-0.2, 0) is 23.1 Å². The lowest BCUT2D eigenvalue weighted by Gasteiger charge is -2.28. The van der Waals surface area contributed by atoms with Gasteiger partial charge >= 0.3 is 13.9 Å². The normalized spacial score (nSPS) is 23.3. The maximum atomic E-state index is 12.3. The maximum absolute atomic E-state index is 12.3. The Morgan fingerprint density at radius 3 is 1.76 bits per heavy atom. The summed E-state index contributed by atoms with van der Waals surface area (Å²) >= 11 is 0. The van der Waals surface area contributed by atoms with Crippen LogP contribution >= 0.6 is 7.82 Å². The Hall–Kier alpha value is -0.700. The number of alkyl carbamates (subject to hydrolysis) is 1. The van der Waals surface area contributed by atoms with Gasteiger partial charge in [0.2, 0.25) is 0 Å². The second kappa shape index (κ2) is 21.1. The molecule has 2 fully saturated rings. The summed E-state index contributed by atoms with van der Waals surface area (Å²) in [5.74, 6) is -0.143. The lowest BCUT2D eigenvalue weighted by molar-refractivity contribution is -0.870. The largest absolute Gasteiger partial charge is 0.472 e. The number of nitrogens with one attached hydrogen (secondary N) is 1. The summed E-state index contributed by atoms with van der Waals surface area (Å²) in [6.45, 7) is 3.89. The SMILES string of the molecule is CCCCCCCCCCCCCCCCCCNC(=O)OC[C@@H]1[C@@H](COP(=O)(O)OCC[N+](C)(C)C)[C@H]2CC[C@@H]1O2. The molecule has 2 rings (SSSR count). The van der Waals surface area contributed by atoms with E-state index in [0.29, 0.717) is 17.6 Å². The third-order valence-electron chi connectivity index (χ3n) is 8.74. The van der Waals surface area contributed by atoms with Crippen LogP contribution in [0.5, 0.6) is 0 Å². The molecule has 0 aromatic heterocycles. The first-order chi connectivity index (χ1) is 20.1. The Morgan fingerprint density at radius 2 is 1.26 bits per heavy atom. The fourth-order valence-corrected chi connectivity index (χ4v) is 6.81. The fraction of sp³-hybridized carbons (Fsp3) is 0.969. The summed E-state index contributed by atoms with van der Waals surface area (Å²) in [6.07, 6.45) is 22.5. The molecule has 248 valence electrons. The Kier molecular flexibility index (Phi) is 18.8. The second-order valence-corrected chi connectivity index (χ2v) is 15.0. The minimum Gasteiger partial charge on any atom is -0.449 e. The second-order valence-electron chi connectivity index (χ2n) is 13.6. The van der Waals surface area contributed by atoms with Crippen LogP contribution in [0, 0.1) is 11.8 Å². The first-order valence-corrected chi connectivity index (χ1v) is 18.6. The zero-order valence-electron chi connectivity index (χ0n) is 27.4. The van der Waals surface area contributed by atoms with Crippen LogP contribution in [0.3, 0.4) is 0 Å². The highest BCUT2D eigenvalue weighted by molar-refractivity contribution is 7.47. The molecule has 2 N–H and O–H groups in total. The zero-order valence-corrected chi connectivity index (χ0v) is 28.3. The van der Waals surface area contributed by atoms with E-state index in [0.717, 1.165) is 25.7 Å². The zero-order chi connectivity index (χ0) is 30.7. The van der Waals surface area contributed by atoms with Crippen molar-refractivity contribution in [3.63, 3.8) is 0 Å². The summed E-state index contributed by atoms with van der Waals surface area (Å²) in [6, 6.07) is 0. The smallest absolute Gasteiger partial charge is 0.449 e. The van der Waals surface area contributed by atoms with E-state index in [-0.39, 0.29) is 43.9 Å². The molecule has 2 aliphatic heterocycles. The van der Waals surface area contributed by atoms with E-state index in [1.165, 1.54) is 89.9 Å². The minimum absolute atomic E-state index is 0.00564. The van der Waals surface area contributed by atoms with Crippen molar-refractivity contribution in [3.05, 3.63) is 0 Å². The van der Waals surface area contributed by atoms with Gasteiger partial charge in [0.15, 0.2) is 0 Å². The van der Waals surface area contributed by atoms with Gasteiger partial charge in [-0.2, -0.15) is 0 Å². The van der Waals surface area contributed by atoms with Gasteiger partial charge in [0, 0.05) is 18.4 Å². The highest BCUT2D eigenvalue weighted by Gasteiger charge is 2.50. The van der Waals surface area contributed by atoms with E-state index in [2.05, 4.69) is 12.2 Å². The number of hydrogen-bond donors (Lipinski definition) is 2. The van der Waals surface area contributed by atoms with Crippen molar-refractivity contribution in [1.82, 2.24) is 5.32 Å². The molecule has 2 aliphatic rings. The monoisotopic (exact) mass is 619 g/mol. The third kappa shape index (κ3) is 17.0. The molecule has 2 heterocycles. The number of ether oxygens (including phenoxy) is 2. The average molecular weight is 620 g/mol. The van der Waals surface area contributed by atoms with Crippen molar-refractivity contribution in [1.29, 1.82) is 0 Å². The summed E-state index contributed by atoms with van der Waals surface area (Å²) in [5, 5.41) is 2.87. The minimum atomic E-state index is -4.15. The predicted molar refractivity (Wildman–Crippen MR) is 168 cm³/mol. The first-order valence-electron chi connectivity index (χ1n) is 17.1. The number of rotatable bonds is 26. The molecule has 42 heavy (non-hydrogen) atoms. The van der Waals surface area contributed by atoms with E-state index in [1.807, 2.05) is 21.1 Å². The molecule has 0 saturated carbocycles. The first kappa shape index (κ1) is 37.5. The molecule has 1 unspecified atom stereocenters. The number of hydrogen-bond acceptors (Lipinski definition) is 6. The number of unbranched alkanes of at least 4 members (excludes halogenated alkanes) is 15. The average Bonchev–Trinajstić information content (AvgIpc) is 3.53. The molecule has 1 amide bonds. The summed E-state index contributed by atoms with van der Waals surface area (Å²) in [4.78, 5) is 22.4. The summed E-state index contributed by atoms with van der Waals surface area (Å²) in [5.41, 5.74) is 0. The van der Waals surface area contributed by atoms with E-state index < -0.39 is 13.9 Å². The van der Waals surface area contributed by atoms with Crippen LogP contribution in [0.15, 0.2) is 0 Å². The highest BCUT2D eigenvalue weighted by atomic mass is 31.2. The van der Waals surface area contributed by atoms with Crippen LogP contribution in [0.4, 0.5) is 4.79 Å². The fourth-order valence-electron chi connectivity index (χ4n) is 6.07. The van der Waals surface area contributed by atoms with Gasteiger partial charge in [-0.3, -0.25) is 9.05 Å². The number of fused-ring (bicyclic) bond motifs is 2. The Balaban J connectivity index is 1.46. The molecular formula is C32H64N2O7P+. The van der Waals surface area contributed by atoms with Crippen LogP contribution in [0.2, 0.25) is 0 Å². The van der Waals surface area contributed by atoms with E-state index in [1.54, 1.807) is 0 Å². The van der Waals surface area contributed by atoms with E-state index >= 15 is 0 Å². The summed E-state index contributed by atoms with van der Waals surface area (Å²) < 4.78 is 35.0. The lowest BCUT2D eigenvalue weighted by atomic mass is 9.80. The lowest BCUT2D eigenvalue weighted by Crippen LogP contribution is -2.37. The number of nitrogens with zero attached hydrogens (tertiary/aromatic N) is 1. The standard InChI is InChI=1S/C32H63N2O7P/c1-5-6-7-8-9-10-11-12-13-14-15-16-17-18-19-20-23-33-32(35)38-26-28-29(31-22-21-30(28)41-31)27-40-42(36,37)39-25-24-34(2,3)4/h28-31H,5-27H2,1-4H3,(H-,33,35,36,37)/p+1/t28-,29-,30+,31-/m1/s1. The number of amides is 1. The number of quaternary nitrogens is 1. The number of carbonyl (C=O) groups excluding carboxylic acids is 1. The number of carbonyl (C=O) groups is 1. The van der Waals surface area contributed by atoms with Gasteiger partial charge in [-0.05, 0) is 19.3 Å². The molecule has 0 spiro atoms. The Bertz CT molecular complexity index is 764. The van der Waals surface area contributed by atoms with Gasteiger partial charge in [-0.1, -0.05) is 103 Å². The molecule has 0 radical (unpaired) electrons. The van der Waals surface area contributed by atoms with Gasteiger partial charge in [-0.15, -0.1) is 0 Å². The van der Waals surface area contributed by atoms with Crippen molar-refractivity contribution in [2.45, 2.75) is 135 Å². The predicted octanol–water partition coefficient (Wildman–Crippen LogP) is 7.61. The van der Waals surface area contributed by atoms with Crippen LogP contribution < -0.4 is 5.32 Å². The molecule has 0 aromatic carbocycles. The van der Waals surface area contributed by atoms with Gasteiger partial charge in [0.25, 0.3) is 0 Å². The molecule has 10 heteroatoms. The number of phosphoric ester groups is 1.